The van der Waals surface area contributed by atoms with E-state index in [1.807, 2.05) is 30.3 Å². The van der Waals surface area contributed by atoms with Crippen molar-refractivity contribution in [1.29, 1.82) is 0 Å². The maximum Gasteiger partial charge on any atom is 0.235 e. The van der Waals surface area contributed by atoms with Crippen LogP contribution in [0.25, 0.3) is 0 Å². The van der Waals surface area contributed by atoms with E-state index in [9.17, 15) is 4.79 Å². The van der Waals surface area contributed by atoms with Gasteiger partial charge in [-0.3, -0.25) is 4.79 Å². The zero-order valence-corrected chi connectivity index (χ0v) is 11.2. The third kappa shape index (κ3) is 3.79. The van der Waals surface area contributed by atoms with Crippen LogP contribution in [0, 0.1) is 0 Å². The van der Waals surface area contributed by atoms with Crippen LogP contribution in [0.1, 0.15) is 30.2 Å². The van der Waals surface area contributed by atoms with Crippen LogP contribution in [-0.2, 0) is 11.2 Å². The Hall–Kier alpha value is -1.88. The maximum atomic E-state index is 11.2. The molecule has 1 heterocycles. The lowest BCUT2D eigenvalue weighted by atomic mass is 10.1. The minimum atomic E-state index is -0.320. The number of amides is 1. The van der Waals surface area contributed by atoms with Gasteiger partial charge in [0.25, 0.3) is 0 Å². The second-order valence-electron chi connectivity index (χ2n) is 4.13. The number of hydrogen-bond acceptors (Lipinski definition) is 4. The fraction of sp³-hybridized carbons (Fsp3) is 0.308. The lowest BCUT2D eigenvalue weighted by Crippen LogP contribution is -2.28. The van der Waals surface area contributed by atoms with Gasteiger partial charge in [0.05, 0.1) is 12.5 Å². The molecule has 0 aliphatic rings. The second-order valence-corrected chi connectivity index (χ2v) is 4.40. The van der Waals surface area contributed by atoms with Gasteiger partial charge in [0.15, 0.2) is 5.82 Å². The molecule has 1 atom stereocenters. The summed E-state index contributed by atoms with van der Waals surface area (Å²) in [6.45, 7) is 1.78. The van der Waals surface area contributed by atoms with Crippen molar-refractivity contribution in [2.75, 3.05) is 5.88 Å². The first kappa shape index (κ1) is 13.5. The molecular formula is C13H14ClN3O2. The summed E-state index contributed by atoms with van der Waals surface area (Å²) >= 11 is 5.42. The zero-order valence-electron chi connectivity index (χ0n) is 10.5. The summed E-state index contributed by atoms with van der Waals surface area (Å²) in [6, 6.07) is 9.52. The molecule has 1 aromatic carbocycles. The summed E-state index contributed by atoms with van der Waals surface area (Å²) in [5, 5.41) is 6.52. The standard InChI is InChI=1S/C13H14ClN3O2/c1-9(15-11(18)8-14)13-16-12(19-17-13)7-10-5-3-2-4-6-10/h2-6,9H,7-8H2,1H3,(H,15,18). The molecule has 0 aliphatic heterocycles. The molecule has 2 rings (SSSR count). The van der Waals surface area contributed by atoms with E-state index in [-0.39, 0.29) is 17.8 Å². The Morgan fingerprint density at radius 2 is 2.16 bits per heavy atom. The fourth-order valence-electron chi connectivity index (χ4n) is 1.63. The Bertz CT molecular complexity index is 542. The number of carbonyl (C=O) groups is 1. The second kappa shape index (κ2) is 6.33. The van der Waals surface area contributed by atoms with Crippen LogP contribution in [0.3, 0.4) is 0 Å². The number of alkyl halides is 1. The van der Waals surface area contributed by atoms with Crippen LogP contribution in [0.5, 0.6) is 0 Å². The molecule has 0 spiro atoms. The topological polar surface area (TPSA) is 68.0 Å². The van der Waals surface area contributed by atoms with E-state index in [4.69, 9.17) is 16.1 Å². The molecule has 2 aromatic rings. The summed E-state index contributed by atoms with van der Waals surface area (Å²) in [7, 11) is 0. The SMILES string of the molecule is CC(NC(=O)CCl)c1noc(Cc2ccccc2)n1. The highest BCUT2D eigenvalue weighted by Gasteiger charge is 2.15. The Kier molecular flexibility index (Phi) is 4.52. The van der Waals surface area contributed by atoms with Gasteiger partial charge in [0, 0.05) is 0 Å². The van der Waals surface area contributed by atoms with Crippen LogP contribution >= 0.6 is 11.6 Å². The molecule has 0 bridgehead atoms. The van der Waals surface area contributed by atoms with Crippen molar-refractivity contribution < 1.29 is 9.32 Å². The van der Waals surface area contributed by atoms with Crippen molar-refractivity contribution in [2.45, 2.75) is 19.4 Å². The minimum Gasteiger partial charge on any atom is -0.345 e. The average molecular weight is 280 g/mol. The number of nitrogens with one attached hydrogen (secondary N) is 1. The van der Waals surface area contributed by atoms with Crippen molar-refractivity contribution in [2.24, 2.45) is 0 Å². The van der Waals surface area contributed by atoms with Gasteiger partial charge in [0.2, 0.25) is 11.8 Å². The van der Waals surface area contributed by atoms with Gasteiger partial charge in [-0.15, -0.1) is 11.6 Å². The lowest BCUT2D eigenvalue weighted by molar-refractivity contribution is -0.119. The Balaban J connectivity index is 2.01. The van der Waals surface area contributed by atoms with E-state index in [1.54, 1.807) is 6.92 Å². The predicted molar refractivity (Wildman–Crippen MR) is 70.8 cm³/mol. The molecule has 0 fully saturated rings. The molecule has 5 nitrogen and oxygen atoms in total. The number of benzene rings is 1. The molecule has 100 valence electrons. The Morgan fingerprint density at radius 1 is 1.42 bits per heavy atom. The van der Waals surface area contributed by atoms with E-state index in [0.717, 1.165) is 5.56 Å². The molecule has 0 radical (unpaired) electrons. The van der Waals surface area contributed by atoms with Crippen LogP contribution in [0.4, 0.5) is 0 Å². The van der Waals surface area contributed by atoms with Crippen LogP contribution in [0.15, 0.2) is 34.9 Å². The van der Waals surface area contributed by atoms with E-state index in [2.05, 4.69) is 15.5 Å². The highest BCUT2D eigenvalue weighted by atomic mass is 35.5. The Morgan fingerprint density at radius 3 is 2.84 bits per heavy atom. The van der Waals surface area contributed by atoms with Crippen LogP contribution in [-0.4, -0.2) is 21.9 Å². The predicted octanol–water partition coefficient (Wildman–Crippen LogP) is 2.08. The van der Waals surface area contributed by atoms with Crippen LogP contribution in [0.2, 0.25) is 0 Å². The minimum absolute atomic E-state index is 0.0843. The normalized spacial score (nSPS) is 12.1. The monoisotopic (exact) mass is 279 g/mol. The van der Waals surface area contributed by atoms with Crippen molar-refractivity contribution in [3.8, 4) is 0 Å². The summed E-state index contributed by atoms with van der Waals surface area (Å²) < 4.78 is 5.16. The number of carbonyl (C=O) groups excluding carboxylic acids is 1. The molecule has 0 aliphatic carbocycles. The van der Waals surface area contributed by atoms with Gasteiger partial charge in [-0.05, 0) is 12.5 Å². The van der Waals surface area contributed by atoms with Crippen molar-refractivity contribution in [3.63, 3.8) is 0 Å². The summed E-state index contributed by atoms with van der Waals surface area (Å²) in [5.74, 6) is 0.625. The molecule has 1 amide bonds. The van der Waals surface area contributed by atoms with Gasteiger partial charge in [0.1, 0.15) is 5.88 Å². The third-order valence-electron chi connectivity index (χ3n) is 2.57. The van der Waals surface area contributed by atoms with Gasteiger partial charge in [-0.1, -0.05) is 35.5 Å². The van der Waals surface area contributed by atoms with Crippen molar-refractivity contribution in [1.82, 2.24) is 15.5 Å². The van der Waals surface area contributed by atoms with E-state index >= 15 is 0 Å². The third-order valence-corrected chi connectivity index (χ3v) is 2.81. The average Bonchev–Trinajstić information content (AvgIpc) is 2.88. The molecule has 6 heteroatoms. The first-order valence-electron chi connectivity index (χ1n) is 5.90. The van der Waals surface area contributed by atoms with E-state index in [0.29, 0.717) is 18.1 Å². The largest absolute Gasteiger partial charge is 0.345 e. The van der Waals surface area contributed by atoms with E-state index < -0.39 is 0 Å². The van der Waals surface area contributed by atoms with E-state index in [1.165, 1.54) is 0 Å². The first-order valence-corrected chi connectivity index (χ1v) is 6.44. The molecule has 0 saturated heterocycles. The molecular weight excluding hydrogens is 266 g/mol. The zero-order chi connectivity index (χ0) is 13.7. The van der Waals surface area contributed by atoms with Gasteiger partial charge in [-0.25, -0.2) is 0 Å². The van der Waals surface area contributed by atoms with Gasteiger partial charge >= 0.3 is 0 Å². The summed E-state index contributed by atoms with van der Waals surface area (Å²) in [4.78, 5) is 15.4. The highest BCUT2D eigenvalue weighted by Crippen LogP contribution is 2.11. The van der Waals surface area contributed by atoms with Crippen molar-refractivity contribution in [3.05, 3.63) is 47.6 Å². The number of nitrogens with zero attached hydrogens (tertiary/aromatic N) is 2. The number of aromatic nitrogens is 2. The molecule has 1 aromatic heterocycles. The quantitative estimate of drug-likeness (QED) is 0.851. The smallest absolute Gasteiger partial charge is 0.235 e. The van der Waals surface area contributed by atoms with Crippen molar-refractivity contribution >= 4 is 17.5 Å². The number of hydrogen-bond donors (Lipinski definition) is 1. The summed E-state index contributed by atoms with van der Waals surface area (Å²) in [5.41, 5.74) is 1.09. The highest BCUT2D eigenvalue weighted by molar-refractivity contribution is 6.27. The number of halogens is 1. The summed E-state index contributed by atoms with van der Waals surface area (Å²) in [6.07, 6.45) is 0.573. The van der Waals surface area contributed by atoms with Crippen LogP contribution < -0.4 is 5.32 Å². The molecule has 1 unspecified atom stereocenters. The van der Waals surface area contributed by atoms with Gasteiger partial charge < -0.3 is 9.84 Å². The molecule has 19 heavy (non-hydrogen) atoms. The maximum absolute atomic E-state index is 11.2. The fourth-order valence-corrected chi connectivity index (χ4v) is 1.71. The molecule has 1 N–H and O–H groups in total. The Labute approximate surface area is 116 Å². The number of rotatable bonds is 5. The molecule has 0 saturated carbocycles. The first-order chi connectivity index (χ1) is 9.19. The lowest BCUT2D eigenvalue weighted by Gasteiger charge is -2.07. The van der Waals surface area contributed by atoms with Gasteiger partial charge in [-0.2, -0.15) is 4.98 Å².